The monoisotopic (exact) mass is 420 g/mol. The average molecular weight is 421 g/mol. The molecule has 4 aliphatic carbocycles. The van der Waals surface area contributed by atoms with E-state index in [-0.39, 0.29) is 18.0 Å². The molecule has 0 amide bonds. The van der Waals surface area contributed by atoms with E-state index in [1.54, 1.807) is 0 Å². The number of nitrogens with zero attached hydrogens (tertiary/aromatic N) is 2. The molecule has 4 nitrogen and oxygen atoms in total. The highest BCUT2D eigenvalue weighted by molar-refractivity contribution is 6.26. The molecule has 4 aliphatic rings. The topological polar surface area (TPSA) is 53.3 Å². The predicted molar refractivity (Wildman–Crippen MR) is 114 cm³/mol. The molecule has 0 heterocycles. The zero-order valence-corrected chi connectivity index (χ0v) is 19.1. The van der Waals surface area contributed by atoms with Crippen LogP contribution in [-0.4, -0.2) is 42.5 Å². The standard InChI is InChI=1S/C24H37ClN2O2/c1-23-10-8-17(29-22(28)15-25)14-16(23)4-5-18-19-6-7-21(27(3)13-12-26)24(19,2)11-9-20(18)23/h16-21H,4-11,13-15H2,1-3H3/t16-,17-,18-,19+,20-,21+,23-,24-/m0/s1. The first kappa shape index (κ1) is 21.4. The van der Waals surface area contributed by atoms with Crippen LogP contribution in [0.5, 0.6) is 0 Å². The number of halogens is 1. The van der Waals surface area contributed by atoms with Crippen molar-refractivity contribution >= 4 is 17.6 Å². The van der Waals surface area contributed by atoms with Crippen LogP contribution in [0.4, 0.5) is 0 Å². The largest absolute Gasteiger partial charge is 0.461 e. The van der Waals surface area contributed by atoms with Crippen LogP contribution in [0, 0.1) is 45.8 Å². The predicted octanol–water partition coefficient (Wildman–Crippen LogP) is 5.00. The Kier molecular flexibility index (Phi) is 5.95. The molecule has 0 aliphatic heterocycles. The molecule has 5 heteroatoms. The van der Waals surface area contributed by atoms with Crippen LogP contribution >= 0.6 is 11.6 Å². The molecule has 29 heavy (non-hydrogen) atoms. The van der Waals surface area contributed by atoms with Gasteiger partial charge in [0.2, 0.25) is 0 Å². The van der Waals surface area contributed by atoms with Crippen LogP contribution < -0.4 is 0 Å². The van der Waals surface area contributed by atoms with Crippen molar-refractivity contribution < 1.29 is 9.53 Å². The fourth-order valence-electron chi connectivity index (χ4n) is 8.46. The van der Waals surface area contributed by atoms with Gasteiger partial charge in [0.15, 0.2) is 0 Å². The van der Waals surface area contributed by atoms with Gasteiger partial charge in [0.25, 0.3) is 0 Å². The SMILES string of the molecule is CN(CC#N)[C@@H]1CC[C@@H]2[C@@H]3CC[C@H]4C[C@@H](OC(=O)CCl)CC[C@]4(C)[C@H]3CC[C@@]21C. The van der Waals surface area contributed by atoms with Gasteiger partial charge in [0, 0.05) is 6.04 Å². The second-order valence-electron chi connectivity index (χ2n) is 10.9. The minimum atomic E-state index is -0.263. The fraction of sp³-hybridized carbons (Fsp3) is 0.917. The summed E-state index contributed by atoms with van der Waals surface area (Å²) < 4.78 is 5.62. The van der Waals surface area contributed by atoms with E-state index < -0.39 is 0 Å². The lowest BCUT2D eigenvalue weighted by Crippen LogP contribution is -2.56. The third-order valence-electron chi connectivity index (χ3n) is 9.83. The number of ether oxygens (including phenoxy) is 1. The molecule has 0 radical (unpaired) electrons. The highest BCUT2D eigenvalue weighted by Crippen LogP contribution is 2.66. The van der Waals surface area contributed by atoms with Crippen LogP contribution in [0.3, 0.4) is 0 Å². The molecule has 4 fully saturated rings. The lowest BCUT2D eigenvalue weighted by molar-refractivity contribution is -0.159. The second kappa shape index (κ2) is 8.04. The summed E-state index contributed by atoms with van der Waals surface area (Å²) in [5.41, 5.74) is 0.758. The molecular formula is C24H37ClN2O2. The van der Waals surface area contributed by atoms with Gasteiger partial charge in [-0.25, -0.2) is 0 Å². The lowest BCUT2D eigenvalue weighted by atomic mass is 9.45. The van der Waals surface area contributed by atoms with Gasteiger partial charge in [0.05, 0.1) is 12.6 Å². The maximum absolute atomic E-state index is 11.7. The quantitative estimate of drug-likeness (QED) is 0.364. The molecular weight excluding hydrogens is 384 g/mol. The van der Waals surface area contributed by atoms with Gasteiger partial charge < -0.3 is 4.74 Å². The number of carbonyl (C=O) groups excluding carboxylic acids is 1. The van der Waals surface area contributed by atoms with Crippen LogP contribution in [0.15, 0.2) is 0 Å². The van der Waals surface area contributed by atoms with Crippen molar-refractivity contribution in [2.45, 2.75) is 83.8 Å². The van der Waals surface area contributed by atoms with Crippen molar-refractivity contribution in [3.8, 4) is 6.07 Å². The Hall–Kier alpha value is -0.790. The van der Waals surface area contributed by atoms with E-state index in [2.05, 4.69) is 31.9 Å². The lowest BCUT2D eigenvalue weighted by Gasteiger charge is -2.61. The Balaban J connectivity index is 1.49. The molecule has 0 aromatic carbocycles. The normalized spacial score (nSPS) is 46.3. The van der Waals surface area contributed by atoms with E-state index in [9.17, 15) is 10.1 Å². The van der Waals surface area contributed by atoms with Gasteiger partial charge in [0.1, 0.15) is 12.0 Å². The number of rotatable bonds is 4. The number of carbonyl (C=O) groups is 1. The van der Waals surface area contributed by atoms with Gasteiger partial charge in [-0.1, -0.05) is 13.8 Å². The molecule has 4 saturated carbocycles. The van der Waals surface area contributed by atoms with Crippen LogP contribution in [0.1, 0.15) is 71.6 Å². The Morgan fingerprint density at radius 1 is 1.10 bits per heavy atom. The first-order chi connectivity index (χ1) is 13.8. The molecule has 0 spiro atoms. The summed E-state index contributed by atoms with van der Waals surface area (Å²) in [6.07, 6.45) is 11.1. The van der Waals surface area contributed by atoms with Crippen LogP contribution in [-0.2, 0) is 9.53 Å². The molecule has 0 aromatic rings. The zero-order valence-electron chi connectivity index (χ0n) is 18.3. The molecule has 8 atom stereocenters. The summed E-state index contributed by atoms with van der Waals surface area (Å²) in [7, 11) is 2.15. The molecule has 0 unspecified atom stereocenters. The molecule has 162 valence electrons. The van der Waals surface area contributed by atoms with Crippen molar-refractivity contribution in [3.05, 3.63) is 0 Å². The Morgan fingerprint density at radius 3 is 2.55 bits per heavy atom. The maximum Gasteiger partial charge on any atom is 0.321 e. The fourth-order valence-corrected chi connectivity index (χ4v) is 8.52. The van der Waals surface area contributed by atoms with E-state index in [0.29, 0.717) is 29.3 Å². The van der Waals surface area contributed by atoms with Crippen molar-refractivity contribution in [2.75, 3.05) is 19.5 Å². The number of hydrogen-bond donors (Lipinski definition) is 0. The molecule has 0 bridgehead atoms. The molecule has 0 aromatic heterocycles. The van der Waals surface area contributed by atoms with E-state index in [1.807, 2.05) is 0 Å². The first-order valence-corrected chi connectivity index (χ1v) is 12.2. The number of fused-ring (bicyclic) bond motifs is 5. The highest BCUT2D eigenvalue weighted by Gasteiger charge is 2.60. The minimum Gasteiger partial charge on any atom is -0.461 e. The number of esters is 1. The second-order valence-corrected chi connectivity index (χ2v) is 11.2. The van der Waals surface area contributed by atoms with Gasteiger partial charge in [-0.3, -0.25) is 9.69 Å². The van der Waals surface area contributed by atoms with Crippen LogP contribution in [0.2, 0.25) is 0 Å². The average Bonchev–Trinajstić information content (AvgIpc) is 3.05. The van der Waals surface area contributed by atoms with Gasteiger partial charge in [-0.2, -0.15) is 5.26 Å². The van der Waals surface area contributed by atoms with Crippen LogP contribution in [0.25, 0.3) is 0 Å². The number of alkyl halides is 1. The van der Waals surface area contributed by atoms with Gasteiger partial charge in [-0.05, 0) is 99.3 Å². The Labute approximate surface area is 181 Å². The zero-order chi connectivity index (χ0) is 20.8. The molecule has 4 rings (SSSR count). The van der Waals surface area contributed by atoms with Crippen molar-refractivity contribution in [1.29, 1.82) is 5.26 Å². The summed E-state index contributed by atoms with van der Waals surface area (Å²) in [6, 6.07) is 2.92. The molecule has 0 saturated heterocycles. The summed E-state index contributed by atoms with van der Waals surface area (Å²) in [5.74, 6) is 2.82. The van der Waals surface area contributed by atoms with Crippen molar-refractivity contribution in [2.24, 2.45) is 34.5 Å². The number of nitriles is 1. The Morgan fingerprint density at radius 2 is 1.83 bits per heavy atom. The van der Waals surface area contributed by atoms with E-state index in [4.69, 9.17) is 16.3 Å². The first-order valence-electron chi connectivity index (χ1n) is 11.7. The smallest absolute Gasteiger partial charge is 0.321 e. The van der Waals surface area contributed by atoms with Gasteiger partial charge >= 0.3 is 5.97 Å². The molecule has 0 N–H and O–H groups in total. The van der Waals surface area contributed by atoms with E-state index >= 15 is 0 Å². The summed E-state index contributed by atoms with van der Waals surface area (Å²) in [5, 5.41) is 9.19. The van der Waals surface area contributed by atoms with E-state index in [1.165, 1.54) is 44.9 Å². The third-order valence-corrected chi connectivity index (χ3v) is 10.0. The van der Waals surface area contributed by atoms with Gasteiger partial charge in [-0.15, -0.1) is 11.6 Å². The van der Waals surface area contributed by atoms with E-state index in [0.717, 1.165) is 30.6 Å². The third kappa shape index (κ3) is 3.51. The summed E-state index contributed by atoms with van der Waals surface area (Å²) in [4.78, 5) is 14.0. The highest BCUT2D eigenvalue weighted by atomic mass is 35.5. The number of hydrogen-bond acceptors (Lipinski definition) is 4. The maximum atomic E-state index is 11.7. The van der Waals surface area contributed by atoms with Crippen molar-refractivity contribution in [3.63, 3.8) is 0 Å². The Bertz CT molecular complexity index is 678. The summed E-state index contributed by atoms with van der Waals surface area (Å²) in [6.45, 7) is 5.62. The summed E-state index contributed by atoms with van der Waals surface area (Å²) >= 11 is 5.65. The minimum absolute atomic E-state index is 0.0369. The van der Waals surface area contributed by atoms with Crippen molar-refractivity contribution in [1.82, 2.24) is 4.90 Å².